The average Bonchev–Trinajstić information content (AvgIpc) is 2.92. The molecule has 3 rings (SSSR count). The summed E-state index contributed by atoms with van der Waals surface area (Å²) in [6, 6.07) is 10.1. The lowest BCUT2D eigenvalue weighted by Gasteiger charge is -2.15. The highest BCUT2D eigenvalue weighted by Gasteiger charge is 2.14. The molecule has 1 aromatic carbocycles. The van der Waals surface area contributed by atoms with Gasteiger partial charge in [-0.1, -0.05) is 19.1 Å². The molecule has 6 nitrogen and oxygen atoms in total. The van der Waals surface area contributed by atoms with Crippen molar-refractivity contribution in [1.82, 2.24) is 19.7 Å². The Bertz CT molecular complexity index is 964. The summed E-state index contributed by atoms with van der Waals surface area (Å²) < 4.78 is 7.37. The molecule has 0 aliphatic carbocycles. The molecule has 2 aromatic heterocycles. The summed E-state index contributed by atoms with van der Waals surface area (Å²) in [5.41, 5.74) is 5.72. The molecule has 6 heteroatoms. The second-order valence-corrected chi connectivity index (χ2v) is 7.31. The van der Waals surface area contributed by atoms with Gasteiger partial charge in [0, 0.05) is 30.8 Å². The number of aromatic nitrogens is 4. The van der Waals surface area contributed by atoms with Crippen LogP contribution in [0, 0.1) is 27.7 Å². The molecular formula is C22H29N5O. The third kappa shape index (κ3) is 4.50. The summed E-state index contributed by atoms with van der Waals surface area (Å²) in [6.07, 6.45) is 0. The fraction of sp³-hybridized carbons (Fsp3) is 0.409. The monoisotopic (exact) mass is 379 g/mol. The molecule has 1 N–H and O–H groups in total. The third-order valence-corrected chi connectivity index (χ3v) is 5.16. The van der Waals surface area contributed by atoms with Gasteiger partial charge in [0.05, 0.1) is 18.5 Å². The Labute approximate surface area is 167 Å². The van der Waals surface area contributed by atoms with Crippen molar-refractivity contribution in [2.45, 2.75) is 53.6 Å². The Kier molecular flexibility index (Phi) is 5.97. The van der Waals surface area contributed by atoms with E-state index in [1.165, 1.54) is 11.3 Å². The summed E-state index contributed by atoms with van der Waals surface area (Å²) in [5.74, 6) is 2.69. The number of hydrogen-bond donors (Lipinski definition) is 1. The molecule has 0 aliphatic rings. The molecule has 0 saturated carbocycles. The van der Waals surface area contributed by atoms with Crippen molar-refractivity contribution >= 4 is 5.82 Å². The van der Waals surface area contributed by atoms with Crippen LogP contribution in [0.4, 0.5) is 5.82 Å². The predicted octanol–water partition coefficient (Wildman–Crippen LogP) is 4.33. The molecule has 0 amide bonds. The minimum absolute atomic E-state index is 0.233. The molecule has 0 fully saturated rings. The second kappa shape index (κ2) is 8.42. The summed E-state index contributed by atoms with van der Waals surface area (Å²) in [7, 11) is 1.68. The molecule has 0 bridgehead atoms. The topological polar surface area (TPSA) is 64.9 Å². The number of aryl methyl sites for hydroxylation is 2. The number of anilines is 1. The predicted molar refractivity (Wildman–Crippen MR) is 112 cm³/mol. The van der Waals surface area contributed by atoms with E-state index in [4.69, 9.17) is 4.74 Å². The first-order valence-electron chi connectivity index (χ1n) is 9.60. The first kappa shape index (κ1) is 19.9. The van der Waals surface area contributed by atoms with Crippen molar-refractivity contribution < 1.29 is 4.74 Å². The Hall–Kier alpha value is -2.89. The average molecular weight is 380 g/mol. The summed E-state index contributed by atoms with van der Waals surface area (Å²) in [5, 5.41) is 8.07. The van der Waals surface area contributed by atoms with Crippen molar-refractivity contribution in [3.8, 4) is 5.75 Å². The van der Waals surface area contributed by atoms with E-state index in [2.05, 4.69) is 58.8 Å². The van der Waals surface area contributed by atoms with Gasteiger partial charge < -0.3 is 10.1 Å². The molecule has 1 atom stereocenters. The van der Waals surface area contributed by atoms with Gasteiger partial charge in [-0.3, -0.25) is 4.68 Å². The number of methoxy groups -OCH3 is 1. The van der Waals surface area contributed by atoms with E-state index in [1.54, 1.807) is 7.11 Å². The fourth-order valence-corrected chi connectivity index (χ4v) is 3.23. The molecule has 148 valence electrons. The zero-order chi connectivity index (χ0) is 20.3. The van der Waals surface area contributed by atoms with Crippen LogP contribution in [0.1, 0.15) is 46.9 Å². The van der Waals surface area contributed by atoms with E-state index < -0.39 is 0 Å². The van der Waals surface area contributed by atoms with Crippen LogP contribution in [0.15, 0.2) is 30.3 Å². The smallest absolute Gasteiger partial charge is 0.130 e. The minimum atomic E-state index is 0.233. The Morgan fingerprint density at radius 2 is 1.89 bits per heavy atom. The van der Waals surface area contributed by atoms with Gasteiger partial charge in [0.15, 0.2) is 0 Å². The molecule has 0 radical (unpaired) electrons. The van der Waals surface area contributed by atoms with E-state index in [0.717, 1.165) is 40.9 Å². The molecule has 3 aromatic rings. The largest absolute Gasteiger partial charge is 0.497 e. The zero-order valence-electron chi connectivity index (χ0n) is 17.6. The van der Waals surface area contributed by atoms with Crippen LogP contribution >= 0.6 is 0 Å². The highest BCUT2D eigenvalue weighted by atomic mass is 16.5. The minimum Gasteiger partial charge on any atom is -0.497 e. The Morgan fingerprint density at radius 3 is 2.57 bits per heavy atom. The van der Waals surface area contributed by atoms with Crippen LogP contribution in [0.2, 0.25) is 0 Å². The van der Waals surface area contributed by atoms with Crippen molar-refractivity contribution in [2.75, 3.05) is 12.4 Å². The first-order chi connectivity index (χ1) is 13.4. The Morgan fingerprint density at radius 1 is 1.11 bits per heavy atom. The zero-order valence-corrected chi connectivity index (χ0v) is 17.6. The quantitative estimate of drug-likeness (QED) is 0.662. The van der Waals surface area contributed by atoms with Gasteiger partial charge in [0.2, 0.25) is 0 Å². The highest BCUT2D eigenvalue weighted by Crippen LogP contribution is 2.21. The van der Waals surface area contributed by atoms with E-state index >= 15 is 0 Å². The second-order valence-electron chi connectivity index (χ2n) is 7.31. The van der Waals surface area contributed by atoms with Gasteiger partial charge in [0.1, 0.15) is 17.4 Å². The lowest BCUT2D eigenvalue weighted by Crippen LogP contribution is -2.13. The molecule has 28 heavy (non-hydrogen) atoms. The number of rotatable bonds is 7. The van der Waals surface area contributed by atoms with Crippen LogP contribution in [0.25, 0.3) is 0 Å². The van der Waals surface area contributed by atoms with Gasteiger partial charge in [-0.25, -0.2) is 9.97 Å². The number of hydrogen-bond acceptors (Lipinski definition) is 5. The maximum Gasteiger partial charge on any atom is 0.130 e. The van der Waals surface area contributed by atoms with Crippen molar-refractivity contribution in [3.63, 3.8) is 0 Å². The molecule has 0 spiro atoms. The van der Waals surface area contributed by atoms with Crippen molar-refractivity contribution in [3.05, 3.63) is 64.4 Å². The van der Waals surface area contributed by atoms with Crippen LogP contribution in [0.3, 0.4) is 0 Å². The van der Waals surface area contributed by atoms with Gasteiger partial charge in [-0.15, -0.1) is 0 Å². The van der Waals surface area contributed by atoms with Crippen LogP contribution in [0.5, 0.6) is 5.75 Å². The van der Waals surface area contributed by atoms with Crippen LogP contribution < -0.4 is 10.1 Å². The lowest BCUT2D eigenvalue weighted by atomic mass is 10.1. The van der Waals surface area contributed by atoms with Crippen molar-refractivity contribution in [2.24, 2.45) is 0 Å². The van der Waals surface area contributed by atoms with Gasteiger partial charge in [-0.2, -0.15) is 5.10 Å². The fourth-order valence-electron chi connectivity index (χ4n) is 3.23. The van der Waals surface area contributed by atoms with Gasteiger partial charge in [0.25, 0.3) is 0 Å². The SMILES string of the molecule is COc1cccc(CNc2cc(C(C)Cn3nc(C)c(C)c3C)nc(C)n2)c1. The van der Waals surface area contributed by atoms with E-state index in [9.17, 15) is 0 Å². The van der Waals surface area contributed by atoms with Gasteiger partial charge >= 0.3 is 0 Å². The number of benzene rings is 1. The highest BCUT2D eigenvalue weighted by molar-refractivity contribution is 5.39. The summed E-state index contributed by atoms with van der Waals surface area (Å²) >= 11 is 0. The van der Waals surface area contributed by atoms with Crippen LogP contribution in [-0.4, -0.2) is 26.9 Å². The molecule has 0 saturated heterocycles. The summed E-state index contributed by atoms with van der Waals surface area (Å²) in [4.78, 5) is 9.20. The molecular weight excluding hydrogens is 350 g/mol. The van der Waals surface area contributed by atoms with E-state index in [0.29, 0.717) is 6.54 Å². The summed E-state index contributed by atoms with van der Waals surface area (Å²) in [6.45, 7) is 11.9. The molecule has 0 aliphatic heterocycles. The standard InChI is InChI=1S/C22H29N5O/c1-14(13-27-17(4)15(2)16(3)26-27)21-11-22(25-18(5)24-21)23-12-19-8-7-9-20(10-19)28-6/h7-11,14H,12-13H2,1-6H3,(H,23,24,25). The maximum atomic E-state index is 5.29. The molecule has 2 heterocycles. The van der Waals surface area contributed by atoms with E-state index in [-0.39, 0.29) is 5.92 Å². The maximum absolute atomic E-state index is 5.29. The normalized spacial score (nSPS) is 12.1. The van der Waals surface area contributed by atoms with Gasteiger partial charge in [-0.05, 0) is 51.0 Å². The lowest BCUT2D eigenvalue weighted by molar-refractivity contribution is 0.414. The Balaban J connectivity index is 1.73. The first-order valence-corrected chi connectivity index (χ1v) is 9.60. The number of nitrogens with zero attached hydrogens (tertiary/aromatic N) is 4. The third-order valence-electron chi connectivity index (χ3n) is 5.16. The van der Waals surface area contributed by atoms with Crippen LogP contribution in [-0.2, 0) is 13.1 Å². The van der Waals surface area contributed by atoms with Crippen molar-refractivity contribution in [1.29, 1.82) is 0 Å². The number of ether oxygens (including phenoxy) is 1. The van der Waals surface area contributed by atoms with E-state index in [1.807, 2.05) is 31.2 Å². The molecule has 1 unspecified atom stereocenters. The number of nitrogens with one attached hydrogen (secondary N) is 1.